The number of aryl methyl sites for hydroxylation is 2. The van der Waals surface area contributed by atoms with Crippen LogP contribution in [0.25, 0.3) is 0 Å². The molecule has 1 amide bonds. The topological polar surface area (TPSA) is 75.6 Å². The van der Waals surface area contributed by atoms with Crippen LogP contribution in [0.1, 0.15) is 24.0 Å². The van der Waals surface area contributed by atoms with E-state index in [9.17, 15) is 9.59 Å². The molecule has 1 unspecified atom stereocenters. The van der Waals surface area contributed by atoms with E-state index in [4.69, 9.17) is 9.84 Å². The zero-order valence-electron chi connectivity index (χ0n) is 12.6. The number of hydrogen-bond acceptors (Lipinski definition) is 4. The predicted molar refractivity (Wildman–Crippen MR) is 86.5 cm³/mol. The third kappa shape index (κ3) is 4.66. The van der Waals surface area contributed by atoms with Crippen LogP contribution in [-0.4, -0.2) is 41.6 Å². The fourth-order valence-electron chi connectivity index (χ4n) is 2.52. The zero-order chi connectivity index (χ0) is 15.9. The average Bonchev–Trinajstić information content (AvgIpc) is 2.96. The molecule has 2 N–H and O–H groups in total. The molecule has 1 aromatic carbocycles. The van der Waals surface area contributed by atoms with E-state index in [1.54, 1.807) is 11.8 Å². The Balaban J connectivity index is 1.82. The number of carbonyl (C=O) groups is 2. The highest BCUT2D eigenvalue weighted by Gasteiger charge is 2.19. The molecule has 0 heterocycles. The van der Waals surface area contributed by atoms with Crippen LogP contribution in [0.3, 0.4) is 0 Å². The molecule has 2 rings (SSSR count). The summed E-state index contributed by atoms with van der Waals surface area (Å²) >= 11 is 1.55. The van der Waals surface area contributed by atoms with Gasteiger partial charge in [0.2, 0.25) is 0 Å². The maximum absolute atomic E-state index is 11.8. The van der Waals surface area contributed by atoms with Gasteiger partial charge in [0.1, 0.15) is 11.8 Å². The quantitative estimate of drug-likeness (QED) is 0.764. The number of aliphatic carboxylic acids is 1. The lowest BCUT2D eigenvalue weighted by Gasteiger charge is -2.14. The third-order valence-corrected chi connectivity index (χ3v) is 4.33. The maximum atomic E-state index is 11.8. The van der Waals surface area contributed by atoms with Crippen molar-refractivity contribution in [3.8, 4) is 5.75 Å². The number of carboxylic acids is 1. The summed E-state index contributed by atoms with van der Waals surface area (Å²) in [6.07, 6.45) is 5.62. The van der Waals surface area contributed by atoms with Gasteiger partial charge in [-0.1, -0.05) is 6.07 Å². The van der Waals surface area contributed by atoms with Crippen molar-refractivity contribution < 1.29 is 19.4 Å². The van der Waals surface area contributed by atoms with Crippen LogP contribution in [-0.2, 0) is 22.4 Å². The molecule has 0 bridgehead atoms. The van der Waals surface area contributed by atoms with Crippen molar-refractivity contribution in [2.24, 2.45) is 0 Å². The molecule has 1 atom stereocenters. The summed E-state index contributed by atoms with van der Waals surface area (Å²) in [6, 6.07) is 5.01. The first-order valence-electron chi connectivity index (χ1n) is 7.36. The van der Waals surface area contributed by atoms with E-state index >= 15 is 0 Å². The first kappa shape index (κ1) is 16.7. The number of rotatable bonds is 8. The number of ether oxygens (including phenoxy) is 1. The Morgan fingerprint density at radius 3 is 2.86 bits per heavy atom. The first-order chi connectivity index (χ1) is 10.6. The van der Waals surface area contributed by atoms with Crippen molar-refractivity contribution in [2.45, 2.75) is 31.7 Å². The highest BCUT2D eigenvalue weighted by atomic mass is 32.2. The van der Waals surface area contributed by atoms with E-state index in [0.29, 0.717) is 17.9 Å². The second-order valence-electron chi connectivity index (χ2n) is 5.31. The summed E-state index contributed by atoms with van der Waals surface area (Å²) in [5.74, 6) is -0.0798. The van der Waals surface area contributed by atoms with Crippen LogP contribution in [0, 0.1) is 0 Å². The highest BCUT2D eigenvalue weighted by molar-refractivity contribution is 7.98. The minimum Gasteiger partial charge on any atom is -0.484 e. The van der Waals surface area contributed by atoms with E-state index < -0.39 is 17.9 Å². The standard InChI is InChI=1S/C16H21NO4S/c1-22-8-7-14(16(19)20)17-15(18)10-21-13-6-5-11-3-2-4-12(11)9-13/h5-6,9,14H,2-4,7-8,10H2,1H3,(H,17,18)(H,19,20). The molecular formula is C16H21NO4S. The van der Waals surface area contributed by atoms with Crippen LogP contribution >= 0.6 is 11.8 Å². The summed E-state index contributed by atoms with van der Waals surface area (Å²) < 4.78 is 5.47. The van der Waals surface area contributed by atoms with Crippen molar-refractivity contribution in [1.29, 1.82) is 0 Å². The Morgan fingerprint density at radius 2 is 2.14 bits per heavy atom. The molecule has 0 fully saturated rings. The summed E-state index contributed by atoms with van der Waals surface area (Å²) in [6.45, 7) is -0.165. The van der Waals surface area contributed by atoms with Gasteiger partial charge >= 0.3 is 5.97 Å². The number of hydrogen-bond donors (Lipinski definition) is 2. The number of carbonyl (C=O) groups excluding carboxylic acids is 1. The molecule has 1 aliphatic rings. The molecule has 0 spiro atoms. The Morgan fingerprint density at radius 1 is 1.36 bits per heavy atom. The smallest absolute Gasteiger partial charge is 0.326 e. The summed E-state index contributed by atoms with van der Waals surface area (Å²) in [4.78, 5) is 22.9. The monoisotopic (exact) mass is 323 g/mol. The Labute approximate surface area is 134 Å². The van der Waals surface area contributed by atoms with Gasteiger partial charge in [0, 0.05) is 0 Å². The van der Waals surface area contributed by atoms with E-state index in [2.05, 4.69) is 5.32 Å². The zero-order valence-corrected chi connectivity index (χ0v) is 13.4. The molecular weight excluding hydrogens is 302 g/mol. The van der Waals surface area contributed by atoms with Gasteiger partial charge in [0.15, 0.2) is 6.61 Å². The normalized spacial score (nSPS) is 14.2. The van der Waals surface area contributed by atoms with Crippen LogP contribution in [0.5, 0.6) is 5.75 Å². The van der Waals surface area contributed by atoms with Crippen molar-refractivity contribution in [3.63, 3.8) is 0 Å². The van der Waals surface area contributed by atoms with Crippen LogP contribution in [0.4, 0.5) is 0 Å². The molecule has 1 aromatic rings. The molecule has 0 radical (unpaired) electrons. The van der Waals surface area contributed by atoms with Crippen LogP contribution in [0.2, 0.25) is 0 Å². The van der Waals surface area contributed by atoms with Crippen molar-refractivity contribution >= 4 is 23.6 Å². The fourth-order valence-corrected chi connectivity index (χ4v) is 2.99. The lowest BCUT2D eigenvalue weighted by Crippen LogP contribution is -2.43. The molecule has 120 valence electrons. The van der Waals surface area contributed by atoms with Crippen molar-refractivity contribution in [2.75, 3.05) is 18.6 Å². The number of carboxylic acid groups (broad SMARTS) is 1. The van der Waals surface area contributed by atoms with E-state index in [0.717, 1.165) is 19.3 Å². The molecule has 0 saturated carbocycles. The lowest BCUT2D eigenvalue weighted by molar-refractivity contribution is -0.142. The van der Waals surface area contributed by atoms with Gasteiger partial charge in [0.05, 0.1) is 0 Å². The van der Waals surface area contributed by atoms with Gasteiger partial charge in [-0.25, -0.2) is 4.79 Å². The molecule has 5 nitrogen and oxygen atoms in total. The predicted octanol–water partition coefficient (Wildman–Crippen LogP) is 1.88. The number of fused-ring (bicyclic) bond motifs is 1. The minimum absolute atomic E-state index is 0.165. The number of benzene rings is 1. The van der Waals surface area contributed by atoms with Gasteiger partial charge in [-0.3, -0.25) is 4.79 Å². The largest absolute Gasteiger partial charge is 0.484 e. The van der Waals surface area contributed by atoms with Crippen LogP contribution < -0.4 is 10.1 Å². The summed E-state index contributed by atoms with van der Waals surface area (Å²) in [5, 5.41) is 11.6. The number of nitrogens with one attached hydrogen (secondary N) is 1. The Bertz CT molecular complexity index is 547. The van der Waals surface area contributed by atoms with Gasteiger partial charge in [-0.15, -0.1) is 0 Å². The molecule has 0 aromatic heterocycles. The number of thioether (sulfide) groups is 1. The molecule has 0 saturated heterocycles. The molecule has 0 aliphatic heterocycles. The second kappa shape index (κ2) is 8.08. The molecule has 1 aliphatic carbocycles. The summed E-state index contributed by atoms with van der Waals surface area (Å²) in [7, 11) is 0. The lowest BCUT2D eigenvalue weighted by atomic mass is 10.1. The van der Waals surface area contributed by atoms with Gasteiger partial charge in [-0.05, 0) is 61.0 Å². The van der Waals surface area contributed by atoms with E-state index in [1.807, 2.05) is 24.5 Å². The minimum atomic E-state index is -1.01. The SMILES string of the molecule is CSCCC(NC(=O)COc1ccc2c(c1)CCC2)C(=O)O. The van der Waals surface area contributed by atoms with Gasteiger partial charge in [-0.2, -0.15) is 11.8 Å². The Hall–Kier alpha value is -1.69. The van der Waals surface area contributed by atoms with Crippen molar-refractivity contribution in [3.05, 3.63) is 29.3 Å². The van der Waals surface area contributed by atoms with E-state index in [-0.39, 0.29) is 6.61 Å². The fraction of sp³-hybridized carbons (Fsp3) is 0.500. The second-order valence-corrected chi connectivity index (χ2v) is 6.30. The first-order valence-corrected chi connectivity index (χ1v) is 8.75. The molecule has 6 heteroatoms. The Kier molecular flexibility index (Phi) is 6.12. The van der Waals surface area contributed by atoms with Gasteiger partial charge < -0.3 is 15.2 Å². The van der Waals surface area contributed by atoms with Crippen molar-refractivity contribution in [1.82, 2.24) is 5.32 Å². The summed E-state index contributed by atoms with van der Waals surface area (Å²) in [5.41, 5.74) is 2.63. The average molecular weight is 323 g/mol. The van der Waals surface area contributed by atoms with Gasteiger partial charge in [0.25, 0.3) is 5.91 Å². The van der Waals surface area contributed by atoms with Crippen LogP contribution in [0.15, 0.2) is 18.2 Å². The van der Waals surface area contributed by atoms with E-state index in [1.165, 1.54) is 11.1 Å². The third-order valence-electron chi connectivity index (χ3n) is 3.68. The number of amides is 1. The maximum Gasteiger partial charge on any atom is 0.326 e. The molecule has 22 heavy (non-hydrogen) atoms. The highest BCUT2D eigenvalue weighted by Crippen LogP contribution is 2.25.